The van der Waals surface area contributed by atoms with Crippen molar-refractivity contribution in [2.45, 2.75) is 25.4 Å². The van der Waals surface area contributed by atoms with Crippen LogP contribution in [0.3, 0.4) is 0 Å². The maximum Gasteiger partial charge on any atom is 0.265 e. The van der Waals surface area contributed by atoms with Crippen molar-refractivity contribution >= 4 is 40.4 Å². The van der Waals surface area contributed by atoms with Crippen molar-refractivity contribution in [3.05, 3.63) is 86.8 Å². The van der Waals surface area contributed by atoms with E-state index in [-0.39, 0.29) is 24.4 Å². The zero-order valence-electron chi connectivity index (χ0n) is 15.4. The van der Waals surface area contributed by atoms with Gasteiger partial charge in [0.1, 0.15) is 5.82 Å². The normalized spacial score (nSPS) is 13.2. The molecular formula is C22H18ClFN2O2S. The Balaban J connectivity index is 1.49. The molecule has 3 aromatic rings. The molecule has 29 heavy (non-hydrogen) atoms. The highest BCUT2D eigenvalue weighted by molar-refractivity contribution is 7.12. The van der Waals surface area contributed by atoms with E-state index < -0.39 is 5.82 Å². The van der Waals surface area contributed by atoms with Crippen molar-refractivity contribution in [3.8, 4) is 0 Å². The molecule has 4 nitrogen and oxygen atoms in total. The monoisotopic (exact) mass is 428 g/mol. The van der Waals surface area contributed by atoms with Crippen molar-refractivity contribution in [2.75, 3.05) is 5.32 Å². The van der Waals surface area contributed by atoms with Gasteiger partial charge in [-0.15, -0.1) is 11.3 Å². The first-order valence-electron chi connectivity index (χ1n) is 9.21. The molecule has 1 aliphatic rings. The predicted molar refractivity (Wildman–Crippen MR) is 113 cm³/mol. The van der Waals surface area contributed by atoms with Gasteiger partial charge in [0, 0.05) is 27.9 Å². The maximum absolute atomic E-state index is 14.2. The number of carbonyl (C=O) groups is 2. The molecular weight excluding hydrogens is 411 g/mol. The SMILES string of the molecule is O=C(Nc1ccc(C(=O)N(Cc2c(F)cccc2Cl)C2CC2)cc1)c1cccs1. The van der Waals surface area contributed by atoms with Crippen LogP contribution in [0.2, 0.25) is 5.02 Å². The number of amides is 2. The van der Waals surface area contributed by atoms with Crippen molar-refractivity contribution in [1.82, 2.24) is 4.90 Å². The average molecular weight is 429 g/mol. The fourth-order valence-electron chi connectivity index (χ4n) is 3.07. The second-order valence-electron chi connectivity index (χ2n) is 6.87. The van der Waals surface area contributed by atoms with Gasteiger partial charge in [0.2, 0.25) is 0 Å². The molecule has 0 bridgehead atoms. The molecule has 1 N–H and O–H groups in total. The zero-order chi connectivity index (χ0) is 20.4. The van der Waals surface area contributed by atoms with E-state index in [1.807, 2.05) is 11.4 Å². The summed E-state index contributed by atoms with van der Waals surface area (Å²) in [7, 11) is 0. The van der Waals surface area contributed by atoms with E-state index in [0.717, 1.165) is 12.8 Å². The van der Waals surface area contributed by atoms with Crippen molar-refractivity contribution in [2.24, 2.45) is 0 Å². The number of nitrogens with zero attached hydrogens (tertiary/aromatic N) is 1. The number of carbonyl (C=O) groups excluding carboxylic acids is 2. The number of benzene rings is 2. The lowest BCUT2D eigenvalue weighted by Gasteiger charge is -2.23. The highest BCUT2D eigenvalue weighted by Crippen LogP contribution is 2.32. The Labute approximate surface area is 176 Å². The van der Waals surface area contributed by atoms with E-state index in [4.69, 9.17) is 11.6 Å². The smallest absolute Gasteiger partial charge is 0.265 e. The molecule has 2 aromatic carbocycles. The van der Waals surface area contributed by atoms with Crippen molar-refractivity contribution in [3.63, 3.8) is 0 Å². The second-order valence-corrected chi connectivity index (χ2v) is 8.23. The van der Waals surface area contributed by atoms with Crippen LogP contribution in [0.4, 0.5) is 10.1 Å². The summed E-state index contributed by atoms with van der Waals surface area (Å²) in [6.07, 6.45) is 1.79. The predicted octanol–water partition coefficient (Wildman–Crippen LogP) is 5.60. The molecule has 7 heteroatoms. The summed E-state index contributed by atoms with van der Waals surface area (Å²) in [4.78, 5) is 27.5. The average Bonchev–Trinajstić information content (AvgIpc) is 3.40. The molecule has 0 unspecified atom stereocenters. The number of rotatable bonds is 6. The van der Waals surface area contributed by atoms with Crippen LogP contribution >= 0.6 is 22.9 Å². The van der Waals surface area contributed by atoms with E-state index in [1.54, 1.807) is 47.4 Å². The lowest BCUT2D eigenvalue weighted by Crippen LogP contribution is -2.33. The Morgan fingerprint density at radius 1 is 1.10 bits per heavy atom. The van der Waals surface area contributed by atoms with Crippen LogP contribution in [-0.2, 0) is 6.54 Å². The maximum atomic E-state index is 14.2. The summed E-state index contributed by atoms with van der Waals surface area (Å²) in [5, 5.41) is 4.96. The van der Waals surface area contributed by atoms with E-state index in [2.05, 4.69) is 5.32 Å². The molecule has 0 aliphatic heterocycles. The van der Waals surface area contributed by atoms with Crippen LogP contribution in [0.25, 0.3) is 0 Å². The third kappa shape index (κ3) is 4.49. The molecule has 148 valence electrons. The Morgan fingerprint density at radius 3 is 2.48 bits per heavy atom. The highest BCUT2D eigenvalue weighted by Gasteiger charge is 2.34. The number of halogens is 2. The third-order valence-electron chi connectivity index (χ3n) is 4.77. The minimum absolute atomic E-state index is 0.0939. The van der Waals surface area contributed by atoms with Gasteiger partial charge in [-0.05, 0) is 60.7 Å². The lowest BCUT2D eigenvalue weighted by molar-refractivity contribution is 0.0728. The van der Waals surface area contributed by atoms with E-state index in [9.17, 15) is 14.0 Å². The number of hydrogen-bond donors (Lipinski definition) is 1. The van der Waals surface area contributed by atoms with Crippen LogP contribution in [0.5, 0.6) is 0 Å². The van der Waals surface area contributed by atoms with Crippen LogP contribution in [-0.4, -0.2) is 22.8 Å². The second kappa shape index (κ2) is 8.35. The molecule has 1 saturated carbocycles. The molecule has 1 aliphatic carbocycles. The summed E-state index contributed by atoms with van der Waals surface area (Å²) in [5.74, 6) is -0.779. The molecule has 1 fully saturated rings. The van der Waals surface area contributed by atoms with Crippen molar-refractivity contribution < 1.29 is 14.0 Å². The third-order valence-corrected chi connectivity index (χ3v) is 6.00. The zero-order valence-corrected chi connectivity index (χ0v) is 17.0. The number of anilines is 1. The Morgan fingerprint density at radius 2 is 1.86 bits per heavy atom. The van der Waals surface area contributed by atoms with E-state index in [1.165, 1.54) is 17.4 Å². The molecule has 0 atom stereocenters. The molecule has 1 aromatic heterocycles. The van der Waals surface area contributed by atoms with Gasteiger partial charge >= 0.3 is 0 Å². The van der Waals surface area contributed by atoms with Gasteiger partial charge in [0.25, 0.3) is 11.8 Å². The highest BCUT2D eigenvalue weighted by atomic mass is 35.5. The summed E-state index contributed by atoms with van der Waals surface area (Å²) >= 11 is 7.50. The van der Waals surface area contributed by atoms with Crippen LogP contribution in [0.15, 0.2) is 60.0 Å². The standard InChI is InChI=1S/C22H18ClFN2O2S/c23-18-3-1-4-19(24)17(18)13-26(16-10-11-16)22(28)14-6-8-15(9-7-14)25-21(27)20-5-2-12-29-20/h1-9,12,16H,10-11,13H2,(H,25,27). The fraction of sp³-hybridized carbons (Fsp3) is 0.182. The van der Waals surface area contributed by atoms with E-state index >= 15 is 0 Å². The number of thiophene rings is 1. The molecule has 0 radical (unpaired) electrons. The van der Waals surface area contributed by atoms with Crippen LogP contribution in [0, 0.1) is 5.82 Å². The van der Waals surface area contributed by atoms with Crippen LogP contribution in [0.1, 0.15) is 38.4 Å². The van der Waals surface area contributed by atoms with Gasteiger partial charge in [-0.1, -0.05) is 23.7 Å². The van der Waals surface area contributed by atoms with Crippen LogP contribution < -0.4 is 5.32 Å². The Bertz CT molecular complexity index is 1010. The summed E-state index contributed by atoms with van der Waals surface area (Å²) in [5.41, 5.74) is 1.42. The fourth-order valence-corrected chi connectivity index (χ4v) is 3.91. The molecule has 1 heterocycles. The minimum Gasteiger partial charge on any atom is -0.331 e. The molecule has 4 rings (SSSR count). The first kappa shape index (κ1) is 19.6. The quantitative estimate of drug-likeness (QED) is 0.555. The van der Waals surface area contributed by atoms with Crippen molar-refractivity contribution in [1.29, 1.82) is 0 Å². The van der Waals surface area contributed by atoms with Gasteiger partial charge in [-0.3, -0.25) is 9.59 Å². The summed E-state index contributed by atoms with van der Waals surface area (Å²) in [6.45, 7) is 0.131. The first-order valence-corrected chi connectivity index (χ1v) is 10.5. The van der Waals surface area contributed by atoms with Gasteiger partial charge in [0.05, 0.1) is 11.4 Å². The minimum atomic E-state index is -0.414. The van der Waals surface area contributed by atoms with Gasteiger partial charge in [0.15, 0.2) is 0 Å². The Hall–Kier alpha value is -2.70. The van der Waals surface area contributed by atoms with Gasteiger partial charge in [-0.2, -0.15) is 0 Å². The van der Waals surface area contributed by atoms with Gasteiger partial charge < -0.3 is 10.2 Å². The Kier molecular flexibility index (Phi) is 5.65. The van der Waals surface area contributed by atoms with Gasteiger partial charge in [-0.25, -0.2) is 4.39 Å². The first-order chi connectivity index (χ1) is 14.0. The summed E-state index contributed by atoms with van der Waals surface area (Å²) < 4.78 is 14.2. The lowest BCUT2D eigenvalue weighted by atomic mass is 10.1. The molecule has 0 saturated heterocycles. The number of nitrogens with one attached hydrogen (secondary N) is 1. The largest absolute Gasteiger partial charge is 0.331 e. The number of hydrogen-bond acceptors (Lipinski definition) is 3. The molecule has 0 spiro atoms. The van der Waals surface area contributed by atoms with E-state index in [0.29, 0.717) is 26.7 Å². The molecule has 2 amide bonds. The topological polar surface area (TPSA) is 49.4 Å². The summed E-state index contributed by atoms with van der Waals surface area (Å²) in [6, 6.07) is 14.9.